The standard InChI is InChI=1S/C16H21N3O2/c1-19(2)10-5-11-21-15-9-8-14(16(17)18-20)12-6-3-4-7-13(12)15/h3-4,6-9,20H,5,10-11H2,1-2H3,(H2,17,18). The van der Waals surface area contributed by atoms with Crippen LogP contribution in [0.3, 0.4) is 0 Å². The van der Waals surface area contributed by atoms with Gasteiger partial charge in [-0.25, -0.2) is 0 Å². The van der Waals surface area contributed by atoms with Gasteiger partial charge in [0.2, 0.25) is 0 Å². The maximum absolute atomic E-state index is 8.87. The number of nitrogens with two attached hydrogens (primary N) is 1. The molecule has 2 rings (SSSR count). The molecule has 0 spiro atoms. The molecule has 0 aromatic heterocycles. The van der Waals surface area contributed by atoms with Crippen LogP contribution >= 0.6 is 0 Å². The molecule has 2 aromatic rings. The molecule has 3 N–H and O–H groups in total. The van der Waals surface area contributed by atoms with Crippen LogP contribution in [-0.2, 0) is 0 Å². The Bertz CT molecular complexity index is 638. The van der Waals surface area contributed by atoms with E-state index in [1.807, 2.05) is 50.5 Å². The van der Waals surface area contributed by atoms with Gasteiger partial charge < -0.3 is 20.6 Å². The Hall–Kier alpha value is -2.27. The molecule has 0 aliphatic rings. The molecule has 0 atom stereocenters. The molecule has 0 radical (unpaired) electrons. The Morgan fingerprint density at radius 2 is 1.90 bits per heavy atom. The van der Waals surface area contributed by atoms with Crippen LogP contribution in [0.2, 0.25) is 0 Å². The Kier molecular flexibility index (Phi) is 5.00. The second kappa shape index (κ2) is 6.95. The van der Waals surface area contributed by atoms with Gasteiger partial charge in [-0.3, -0.25) is 0 Å². The van der Waals surface area contributed by atoms with Crippen molar-refractivity contribution < 1.29 is 9.94 Å². The van der Waals surface area contributed by atoms with E-state index >= 15 is 0 Å². The molecule has 0 aliphatic carbocycles. The highest BCUT2D eigenvalue weighted by Crippen LogP contribution is 2.28. The SMILES string of the molecule is CN(C)CCCOc1ccc(/C(N)=N/O)c2ccccc12. The molecule has 5 heteroatoms. The largest absolute Gasteiger partial charge is 0.493 e. The van der Waals surface area contributed by atoms with E-state index in [4.69, 9.17) is 15.7 Å². The molecular formula is C16H21N3O2. The first-order valence-electron chi connectivity index (χ1n) is 6.90. The summed E-state index contributed by atoms with van der Waals surface area (Å²) in [5.74, 6) is 0.921. The Morgan fingerprint density at radius 3 is 2.57 bits per heavy atom. The van der Waals surface area contributed by atoms with Gasteiger partial charge in [-0.1, -0.05) is 29.4 Å². The number of ether oxygens (including phenoxy) is 1. The molecule has 2 aromatic carbocycles. The summed E-state index contributed by atoms with van der Waals surface area (Å²) >= 11 is 0. The predicted octanol–water partition coefficient (Wildman–Crippen LogP) is 2.26. The number of oxime groups is 1. The van der Waals surface area contributed by atoms with Gasteiger partial charge in [0.25, 0.3) is 0 Å². The van der Waals surface area contributed by atoms with E-state index in [-0.39, 0.29) is 5.84 Å². The molecule has 5 nitrogen and oxygen atoms in total. The number of nitrogens with zero attached hydrogens (tertiary/aromatic N) is 2. The number of hydrogen-bond donors (Lipinski definition) is 2. The summed E-state index contributed by atoms with van der Waals surface area (Å²) in [6.07, 6.45) is 0.962. The van der Waals surface area contributed by atoms with Crippen LogP contribution in [0.25, 0.3) is 10.8 Å². The quantitative estimate of drug-likeness (QED) is 0.281. The smallest absolute Gasteiger partial charge is 0.170 e. The maximum Gasteiger partial charge on any atom is 0.170 e. The van der Waals surface area contributed by atoms with Crippen molar-refractivity contribution in [1.82, 2.24) is 4.90 Å². The molecule has 0 amide bonds. The summed E-state index contributed by atoms with van der Waals surface area (Å²) in [4.78, 5) is 2.13. The zero-order valence-corrected chi connectivity index (χ0v) is 12.4. The predicted molar refractivity (Wildman–Crippen MR) is 85.1 cm³/mol. The van der Waals surface area contributed by atoms with Crippen LogP contribution in [0.15, 0.2) is 41.6 Å². The zero-order valence-electron chi connectivity index (χ0n) is 12.4. The molecule has 0 saturated heterocycles. The van der Waals surface area contributed by atoms with Crippen LogP contribution < -0.4 is 10.5 Å². The highest BCUT2D eigenvalue weighted by Gasteiger charge is 2.09. The minimum atomic E-state index is 0.102. The molecule has 0 saturated carbocycles. The highest BCUT2D eigenvalue weighted by atomic mass is 16.5. The van der Waals surface area contributed by atoms with E-state index in [1.165, 1.54) is 0 Å². The van der Waals surface area contributed by atoms with Crippen molar-refractivity contribution in [2.45, 2.75) is 6.42 Å². The Morgan fingerprint density at radius 1 is 1.19 bits per heavy atom. The molecular weight excluding hydrogens is 266 g/mol. The van der Waals surface area contributed by atoms with Crippen LogP contribution in [-0.4, -0.2) is 43.2 Å². The topological polar surface area (TPSA) is 71.1 Å². The molecule has 0 aliphatic heterocycles. The van der Waals surface area contributed by atoms with Crippen LogP contribution in [0.5, 0.6) is 5.75 Å². The monoisotopic (exact) mass is 287 g/mol. The third-order valence-electron chi connectivity index (χ3n) is 3.27. The summed E-state index contributed by atoms with van der Waals surface area (Å²) in [7, 11) is 4.09. The number of amidine groups is 1. The summed E-state index contributed by atoms with van der Waals surface area (Å²) in [6, 6.07) is 11.5. The van der Waals surface area contributed by atoms with E-state index in [0.29, 0.717) is 12.2 Å². The lowest BCUT2D eigenvalue weighted by atomic mass is 10.0. The maximum atomic E-state index is 8.87. The molecule has 112 valence electrons. The minimum Gasteiger partial charge on any atom is -0.493 e. The van der Waals surface area contributed by atoms with Gasteiger partial charge >= 0.3 is 0 Å². The van der Waals surface area contributed by atoms with Gasteiger partial charge in [0.05, 0.1) is 6.61 Å². The number of hydrogen-bond acceptors (Lipinski definition) is 4. The second-order valence-electron chi connectivity index (χ2n) is 5.15. The van der Waals surface area contributed by atoms with E-state index in [0.717, 1.165) is 29.5 Å². The number of fused-ring (bicyclic) bond motifs is 1. The second-order valence-corrected chi connectivity index (χ2v) is 5.15. The van der Waals surface area contributed by atoms with Crippen molar-refractivity contribution in [3.8, 4) is 5.75 Å². The Balaban J connectivity index is 2.26. The van der Waals surface area contributed by atoms with Crippen molar-refractivity contribution in [1.29, 1.82) is 0 Å². The molecule has 21 heavy (non-hydrogen) atoms. The number of rotatable bonds is 6. The lowest BCUT2D eigenvalue weighted by Gasteiger charge is -2.13. The molecule has 0 heterocycles. The van der Waals surface area contributed by atoms with Crippen LogP contribution in [0, 0.1) is 0 Å². The first-order chi connectivity index (χ1) is 10.1. The first-order valence-corrected chi connectivity index (χ1v) is 6.90. The average molecular weight is 287 g/mol. The van der Waals surface area contributed by atoms with Crippen LogP contribution in [0.1, 0.15) is 12.0 Å². The number of benzene rings is 2. The van der Waals surface area contributed by atoms with Crippen molar-refractivity contribution in [3.05, 3.63) is 42.0 Å². The van der Waals surface area contributed by atoms with E-state index in [1.54, 1.807) is 0 Å². The van der Waals surface area contributed by atoms with Crippen molar-refractivity contribution >= 4 is 16.6 Å². The fraction of sp³-hybridized carbons (Fsp3) is 0.312. The first kappa shape index (κ1) is 15.1. The van der Waals surface area contributed by atoms with Crippen LogP contribution in [0.4, 0.5) is 0 Å². The molecule has 0 unspecified atom stereocenters. The van der Waals surface area contributed by atoms with Gasteiger partial charge in [-0.2, -0.15) is 0 Å². The van der Waals surface area contributed by atoms with E-state index in [2.05, 4.69) is 10.1 Å². The third kappa shape index (κ3) is 3.64. The zero-order chi connectivity index (χ0) is 15.2. The van der Waals surface area contributed by atoms with Gasteiger partial charge in [0, 0.05) is 17.5 Å². The summed E-state index contributed by atoms with van der Waals surface area (Å²) in [5.41, 5.74) is 6.42. The van der Waals surface area contributed by atoms with E-state index in [9.17, 15) is 0 Å². The van der Waals surface area contributed by atoms with Crippen molar-refractivity contribution in [3.63, 3.8) is 0 Å². The molecule has 0 bridgehead atoms. The Labute approximate surface area is 124 Å². The fourth-order valence-corrected chi connectivity index (χ4v) is 2.24. The van der Waals surface area contributed by atoms with Gasteiger partial charge in [-0.15, -0.1) is 0 Å². The lowest BCUT2D eigenvalue weighted by Crippen LogP contribution is -2.16. The van der Waals surface area contributed by atoms with Gasteiger partial charge in [0.15, 0.2) is 5.84 Å². The van der Waals surface area contributed by atoms with Crippen molar-refractivity contribution in [2.75, 3.05) is 27.2 Å². The normalized spacial score (nSPS) is 12.0. The van der Waals surface area contributed by atoms with Crippen molar-refractivity contribution in [2.24, 2.45) is 10.9 Å². The fourth-order valence-electron chi connectivity index (χ4n) is 2.24. The lowest BCUT2D eigenvalue weighted by molar-refractivity contribution is 0.284. The van der Waals surface area contributed by atoms with E-state index < -0.39 is 0 Å². The average Bonchev–Trinajstić information content (AvgIpc) is 2.50. The minimum absolute atomic E-state index is 0.102. The molecule has 0 fully saturated rings. The summed E-state index contributed by atoms with van der Waals surface area (Å²) < 4.78 is 5.87. The third-order valence-corrected chi connectivity index (χ3v) is 3.27. The van der Waals surface area contributed by atoms with Gasteiger partial charge in [-0.05, 0) is 38.0 Å². The summed E-state index contributed by atoms with van der Waals surface area (Å²) in [6.45, 7) is 1.64. The highest BCUT2D eigenvalue weighted by molar-refractivity contribution is 6.10. The van der Waals surface area contributed by atoms with Gasteiger partial charge in [0.1, 0.15) is 5.75 Å². The summed E-state index contributed by atoms with van der Waals surface area (Å²) in [5, 5.41) is 13.8.